The van der Waals surface area contributed by atoms with Gasteiger partial charge in [0.2, 0.25) is 0 Å². The van der Waals surface area contributed by atoms with Gasteiger partial charge in [-0.15, -0.1) is 0 Å². The Kier molecular flexibility index (Phi) is 5.23. The first-order valence-electron chi connectivity index (χ1n) is 5.58. The fourth-order valence-corrected chi connectivity index (χ4v) is 1.47. The van der Waals surface area contributed by atoms with Crippen LogP contribution in [-0.4, -0.2) is 24.1 Å². The number of Topliss-reactive ketones (excluding diaryl/α,β-unsaturated/α-hetero) is 1. The van der Waals surface area contributed by atoms with Crippen molar-refractivity contribution in [3.05, 3.63) is 35.4 Å². The topological polar surface area (TPSA) is 99.1 Å². The molecular formula is C13H13N3O3. The van der Waals surface area contributed by atoms with E-state index < -0.39 is 11.8 Å². The van der Waals surface area contributed by atoms with Gasteiger partial charge in [-0.3, -0.25) is 14.4 Å². The monoisotopic (exact) mass is 259 g/mol. The maximum Gasteiger partial charge on any atom is 0.310 e. The summed E-state index contributed by atoms with van der Waals surface area (Å²) < 4.78 is 0. The second kappa shape index (κ2) is 6.91. The molecule has 0 aliphatic heterocycles. The molecule has 0 heterocycles. The summed E-state index contributed by atoms with van der Waals surface area (Å²) in [4.78, 5) is 33.9. The lowest BCUT2D eigenvalue weighted by Gasteiger charge is -2.08. The van der Waals surface area contributed by atoms with Gasteiger partial charge in [0.05, 0.1) is 6.07 Å². The molecule has 0 radical (unpaired) electrons. The lowest BCUT2D eigenvalue weighted by molar-refractivity contribution is -0.139. The number of benzene rings is 1. The van der Waals surface area contributed by atoms with Crippen LogP contribution in [-0.2, 0) is 16.1 Å². The van der Waals surface area contributed by atoms with Crippen molar-refractivity contribution in [3.8, 4) is 6.07 Å². The summed E-state index contributed by atoms with van der Waals surface area (Å²) in [6.45, 7) is 1.28. The second-order valence-electron chi connectivity index (χ2n) is 3.74. The van der Waals surface area contributed by atoms with E-state index in [1.807, 2.05) is 0 Å². The number of carbonyl (C=O) groups is 3. The molecule has 0 saturated heterocycles. The molecule has 1 aromatic carbocycles. The van der Waals surface area contributed by atoms with Gasteiger partial charge in [0.25, 0.3) is 0 Å². The minimum atomic E-state index is -0.873. The third kappa shape index (κ3) is 4.24. The maximum absolute atomic E-state index is 11.4. The average Bonchev–Trinajstić information content (AvgIpc) is 2.42. The highest BCUT2D eigenvalue weighted by molar-refractivity contribution is 6.35. The van der Waals surface area contributed by atoms with Crippen LogP contribution in [0.2, 0.25) is 0 Å². The molecule has 0 bridgehead atoms. The van der Waals surface area contributed by atoms with E-state index in [1.165, 1.54) is 6.92 Å². The minimum absolute atomic E-state index is 0.0779. The molecule has 6 nitrogen and oxygen atoms in total. The van der Waals surface area contributed by atoms with E-state index in [-0.39, 0.29) is 18.9 Å². The van der Waals surface area contributed by atoms with E-state index in [1.54, 1.807) is 30.3 Å². The highest BCUT2D eigenvalue weighted by atomic mass is 16.2. The van der Waals surface area contributed by atoms with E-state index in [2.05, 4.69) is 10.6 Å². The highest BCUT2D eigenvalue weighted by Gasteiger charge is 2.13. The van der Waals surface area contributed by atoms with Gasteiger partial charge >= 0.3 is 11.8 Å². The zero-order valence-electron chi connectivity index (χ0n) is 10.4. The van der Waals surface area contributed by atoms with Crippen LogP contribution in [0.4, 0.5) is 0 Å². The van der Waals surface area contributed by atoms with Gasteiger partial charge in [0.1, 0.15) is 6.54 Å². The predicted molar refractivity (Wildman–Crippen MR) is 66.9 cm³/mol. The van der Waals surface area contributed by atoms with Crippen molar-refractivity contribution in [1.29, 1.82) is 5.26 Å². The number of nitriles is 1. The standard InChI is InChI=1S/C13H13N3O3/c1-9(17)11-5-3-2-4-10(11)8-16-13(19)12(18)15-7-6-14/h2-5H,7-8H2,1H3,(H,15,18)(H,16,19). The summed E-state index contributed by atoms with van der Waals surface area (Å²) in [5, 5.41) is 12.8. The van der Waals surface area contributed by atoms with Crippen LogP contribution in [0.3, 0.4) is 0 Å². The molecule has 0 unspecified atom stereocenters. The Balaban J connectivity index is 2.63. The van der Waals surface area contributed by atoms with E-state index >= 15 is 0 Å². The number of rotatable bonds is 4. The second-order valence-corrected chi connectivity index (χ2v) is 3.74. The number of ketones is 1. The number of nitrogens with zero attached hydrogens (tertiary/aromatic N) is 1. The summed E-state index contributed by atoms with van der Waals surface area (Å²) in [6, 6.07) is 8.51. The number of nitrogens with one attached hydrogen (secondary N) is 2. The molecule has 98 valence electrons. The van der Waals surface area contributed by atoms with E-state index in [0.717, 1.165) is 0 Å². The third-order valence-electron chi connectivity index (χ3n) is 2.37. The third-order valence-corrected chi connectivity index (χ3v) is 2.37. The molecule has 0 aliphatic carbocycles. The summed E-state index contributed by atoms with van der Waals surface area (Å²) in [5.41, 5.74) is 1.14. The first-order valence-corrected chi connectivity index (χ1v) is 5.58. The largest absolute Gasteiger partial charge is 0.344 e. The number of carbonyl (C=O) groups excluding carboxylic acids is 3. The Morgan fingerprint density at radius 3 is 2.42 bits per heavy atom. The lowest BCUT2D eigenvalue weighted by atomic mass is 10.0. The normalized spacial score (nSPS) is 9.26. The average molecular weight is 259 g/mol. The molecule has 1 rings (SSSR count). The maximum atomic E-state index is 11.4. The molecule has 0 saturated carbocycles. The van der Waals surface area contributed by atoms with Crippen LogP contribution in [0.25, 0.3) is 0 Å². The minimum Gasteiger partial charge on any atom is -0.344 e. The summed E-state index contributed by atoms with van der Waals surface area (Å²) in [5.74, 6) is -1.82. The molecule has 0 atom stereocenters. The number of hydrogen-bond donors (Lipinski definition) is 2. The molecule has 6 heteroatoms. The Morgan fingerprint density at radius 2 is 1.79 bits per heavy atom. The van der Waals surface area contributed by atoms with Gasteiger partial charge in [-0.1, -0.05) is 24.3 Å². The molecule has 1 aromatic rings. The highest BCUT2D eigenvalue weighted by Crippen LogP contribution is 2.08. The quantitative estimate of drug-likeness (QED) is 0.456. The first kappa shape index (κ1) is 14.4. The van der Waals surface area contributed by atoms with Crippen LogP contribution >= 0.6 is 0 Å². The molecule has 0 fully saturated rings. The van der Waals surface area contributed by atoms with Gasteiger partial charge in [0.15, 0.2) is 5.78 Å². The Bertz CT molecular complexity index is 546. The van der Waals surface area contributed by atoms with Gasteiger partial charge in [-0.05, 0) is 12.5 Å². The summed E-state index contributed by atoms with van der Waals surface area (Å²) in [6.07, 6.45) is 0. The molecule has 0 aromatic heterocycles. The Labute approximate surface area is 110 Å². The van der Waals surface area contributed by atoms with Crippen molar-refractivity contribution in [3.63, 3.8) is 0 Å². The predicted octanol–water partition coefficient (Wildman–Crippen LogP) is 0.145. The van der Waals surface area contributed by atoms with E-state index in [9.17, 15) is 14.4 Å². The number of hydrogen-bond acceptors (Lipinski definition) is 4. The summed E-state index contributed by atoms with van der Waals surface area (Å²) >= 11 is 0. The van der Waals surface area contributed by atoms with Gasteiger partial charge in [0, 0.05) is 12.1 Å². The molecule has 2 amide bonds. The van der Waals surface area contributed by atoms with Crippen molar-refractivity contribution in [2.45, 2.75) is 13.5 Å². The fraction of sp³-hybridized carbons (Fsp3) is 0.231. The molecule has 19 heavy (non-hydrogen) atoms. The summed E-state index contributed by atoms with van der Waals surface area (Å²) in [7, 11) is 0. The van der Waals surface area contributed by atoms with Gasteiger partial charge in [-0.25, -0.2) is 0 Å². The smallest absolute Gasteiger partial charge is 0.310 e. The van der Waals surface area contributed by atoms with Crippen LogP contribution in [0.15, 0.2) is 24.3 Å². The first-order chi connectivity index (χ1) is 9.06. The van der Waals surface area contributed by atoms with Crippen molar-refractivity contribution >= 4 is 17.6 Å². The number of amides is 2. The Hall–Kier alpha value is -2.68. The van der Waals surface area contributed by atoms with E-state index in [4.69, 9.17) is 5.26 Å². The molecule has 0 spiro atoms. The molecular weight excluding hydrogens is 246 g/mol. The van der Waals surface area contributed by atoms with Crippen LogP contribution in [0.1, 0.15) is 22.8 Å². The van der Waals surface area contributed by atoms with Crippen molar-refractivity contribution in [2.75, 3.05) is 6.54 Å². The van der Waals surface area contributed by atoms with Crippen molar-refractivity contribution in [2.24, 2.45) is 0 Å². The van der Waals surface area contributed by atoms with Crippen molar-refractivity contribution < 1.29 is 14.4 Å². The van der Waals surface area contributed by atoms with Crippen LogP contribution in [0, 0.1) is 11.3 Å². The zero-order chi connectivity index (χ0) is 14.3. The Morgan fingerprint density at radius 1 is 1.16 bits per heavy atom. The SMILES string of the molecule is CC(=O)c1ccccc1CNC(=O)C(=O)NCC#N. The van der Waals surface area contributed by atoms with E-state index in [0.29, 0.717) is 11.1 Å². The fourth-order valence-electron chi connectivity index (χ4n) is 1.47. The van der Waals surface area contributed by atoms with Crippen LogP contribution in [0.5, 0.6) is 0 Å². The van der Waals surface area contributed by atoms with Crippen molar-refractivity contribution in [1.82, 2.24) is 10.6 Å². The van der Waals surface area contributed by atoms with Gasteiger partial charge in [-0.2, -0.15) is 5.26 Å². The van der Waals surface area contributed by atoms with Crippen LogP contribution < -0.4 is 10.6 Å². The molecule has 0 aliphatic rings. The zero-order valence-corrected chi connectivity index (χ0v) is 10.4. The van der Waals surface area contributed by atoms with Gasteiger partial charge < -0.3 is 10.6 Å². The molecule has 2 N–H and O–H groups in total. The lowest BCUT2D eigenvalue weighted by Crippen LogP contribution is -2.39.